The SMILES string of the molecule is CCCC(C)Nc1nc(CC)nc2ccn(Cc3c(OC)cccc3OC)c12. The second kappa shape index (κ2) is 8.95. The minimum absolute atomic E-state index is 0.344. The lowest BCUT2D eigenvalue weighted by atomic mass is 10.1. The molecular weight excluding hydrogens is 352 g/mol. The number of hydrogen-bond donors (Lipinski definition) is 1. The van der Waals surface area contributed by atoms with Crippen molar-refractivity contribution >= 4 is 16.9 Å². The third-order valence-corrected chi connectivity index (χ3v) is 4.94. The van der Waals surface area contributed by atoms with Crippen molar-refractivity contribution in [2.45, 2.75) is 52.6 Å². The van der Waals surface area contributed by atoms with Crippen molar-refractivity contribution in [1.29, 1.82) is 0 Å². The number of nitrogens with zero attached hydrogens (tertiary/aromatic N) is 3. The second-order valence-corrected chi connectivity index (χ2v) is 6.99. The van der Waals surface area contributed by atoms with Crippen LogP contribution in [0.2, 0.25) is 0 Å². The maximum Gasteiger partial charge on any atom is 0.154 e. The normalized spacial score (nSPS) is 12.2. The molecule has 0 aliphatic carbocycles. The fourth-order valence-electron chi connectivity index (χ4n) is 3.54. The van der Waals surface area contributed by atoms with Gasteiger partial charge in [-0.15, -0.1) is 0 Å². The molecule has 0 aliphatic rings. The summed E-state index contributed by atoms with van der Waals surface area (Å²) in [7, 11) is 3.37. The first-order valence-corrected chi connectivity index (χ1v) is 9.93. The molecule has 0 amide bonds. The highest BCUT2D eigenvalue weighted by Gasteiger charge is 2.17. The molecule has 1 unspecified atom stereocenters. The Morgan fingerprint density at radius 1 is 1.07 bits per heavy atom. The molecule has 1 N–H and O–H groups in total. The van der Waals surface area contributed by atoms with Gasteiger partial charge < -0.3 is 19.4 Å². The average Bonchev–Trinajstić information content (AvgIpc) is 3.11. The lowest BCUT2D eigenvalue weighted by molar-refractivity contribution is 0.383. The lowest BCUT2D eigenvalue weighted by Gasteiger charge is -2.18. The molecule has 0 bridgehead atoms. The zero-order valence-electron chi connectivity index (χ0n) is 17.5. The molecule has 0 saturated heterocycles. The van der Waals surface area contributed by atoms with Gasteiger partial charge in [0.15, 0.2) is 5.82 Å². The number of hydrogen-bond acceptors (Lipinski definition) is 5. The van der Waals surface area contributed by atoms with Crippen molar-refractivity contribution in [2.75, 3.05) is 19.5 Å². The number of aryl methyl sites for hydroxylation is 1. The summed E-state index contributed by atoms with van der Waals surface area (Å²) < 4.78 is 13.3. The van der Waals surface area contributed by atoms with Crippen LogP contribution in [0, 0.1) is 0 Å². The maximum absolute atomic E-state index is 5.57. The Hall–Kier alpha value is -2.76. The van der Waals surface area contributed by atoms with Crippen LogP contribution in [0.5, 0.6) is 11.5 Å². The fourth-order valence-corrected chi connectivity index (χ4v) is 3.54. The van der Waals surface area contributed by atoms with E-state index in [1.54, 1.807) is 14.2 Å². The molecule has 28 heavy (non-hydrogen) atoms. The van der Waals surface area contributed by atoms with Gasteiger partial charge in [-0.1, -0.05) is 26.3 Å². The molecule has 1 atom stereocenters. The average molecular weight is 383 g/mol. The van der Waals surface area contributed by atoms with Crippen molar-refractivity contribution in [2.24, 2.45) is 0 Å². The van der Waals surface area contributed by atoms with E-state index in [4.69, 9.17) is 19.4 Å². The van der Waals surface area contributed by atoms with Gasteiger partial charge in [0, 0.05) is 18.7 Å². The molecule has 3 aromatic rings. The fraction of sp³-hybridized carbons (Fsp3) is 0.455. The van der Waals surface area contributed by atoms with E-state index in [-0.39, 0.29) is 0 Å². The molecule has 150 valence electrons. The molecule has 1 aromatic carbocycles. The van der Waals surface area contributed by atoms with Crippen LogP contribution in [0.1, 0.15) is 45.0 Å². The molecule has 3 rings (SSSR count). The van der Waals surface area contributed by atoms with Crippen molar-refractivity contribution < 1.29 is 9.47 Å². The summed E-state index contributed by atoms with van der Waals surface area (Å²) in [4.78, 5) is 9.52. The standard InChI is InChI=1S/C22H30N4O2/c1-6-9-15(3)23-22-21-17(24-20(7-2)25-22)12-13-26(21)14-16-18(27-4)10-8-11-19(16)28-5/h8,10-13,15H,6-7,9,14H2,1-5H3,(H,23,24,25). The minimum atomic E-state index is 0.344. The van der Waals surface area contributed by atoms with E-state index >= 15 is 0 Å². The van der Waals surface area contributed by atoms with E-state index in [9.17, 15) is 0 Å². The van der Waals surface area contributed by atoms with Crippen LogP contribution in [0.3, 0.4) is 0 Å². The first kappa shape index (κ1) is 20.0. The molecular formula is C22H30N4O2. The summed E-state index contributed by atoms with van der Waals surface area (Å²) in [5.74, 6) is 3.36. The molecule has 6 nitrogen and oxygen atoms in total. The van der Waals surface area contributed by atoms with Crippen molar-refractivity contribution in [1.82, 2.24) is 14.5 Å². The topological polar surface area (TPSA) is 61.2 Å². The lowest BCUT2D eigenvalue weighted by Crippen LogP contribution is -2.17. The van der Waals surface area contributed by atoms with Crippen LogP contribution in [0.4, 0.5) is 5.82 Å². The zero-order chi connectivity index (χ0) is 20.1. The number of nitrogens with one attached hydrogen (secondary N) is 1. The van der Waals surface area contributed by atoms with Crippen LogP contribution in [0.15, 0.2) is 30.5 Å². The Kier molecular flexibility index (Phi) is 6.39. The Labute approximate surface area is 166 Å². The van der Waals surface area contributed by atoms with Gasteiger partial charge in [-0.3, -0.25) is 0 Å². The molecule has 2 aromatic heterocycles. The monoisotopic (exact) mass is 382 g/mol. The number of aromatic nitrogens is 3. The van der Waals surface area contributed by atoms with Crippen molar-refractivity contribution in [3.8, 4) is 11.5 Å². The third-order valence-electron chi connectivity index (χ3n) is 4.94. The van der Waals surface area contributed by atoms with Crippen LogP contribution in [0.25, 0.3) is 11.0 Å². The summed E-state index contributed by atoms with van der Waals surface area (Å²) in [6, 6.07) is 8.24. The molecule has 0 spiro atoms. The van der Waals surface area contributed by atoms with E-state index in [0.717, 1.165) is 59.0 Å². The first-order chi connectivity index (χ1) is 13.6. The van der Waals surface area contributed by atoms with Gasteiger partial charge in [0.05, 0.1) is 31.8 Å². The number of rotatable bonds is 9. The molecule has 2 heterocycles. The summed E-state index contributed by atoms with van der Waals surface area (Å²) in [6.07, 6.45) is 5.08. The molecule has 0 saturated carbocycles. The summed E-state index contributed by atoms with van der Waals surface area (Å²) in [5, 5.41) is 3.60. The molecule has 0 radical (unpaired) electrons. The zero-order valence-corrected chi connectivity index (χ0v) is 17.5. The van der Waals surface area contributed by atoms with Crippen LogP contribution < -0.4 is 14.8 Å². The van der Waals surface area contributed by atoms with E-state index in [1.165, 1.54) is 0 Å². The Bertz CT molecular complexity index is 913. The quantitative estimate of drug-likeness (QED) is 0.583. The summed E-state index contributed by atoms with van der Waals surface area (Å²) in [5.41, 5.74) is 2.96. The predicted molar refractivity (Wildman–Crippen MR) is 114 cm³/mol. The number of methoxy groups -OCH3 is 2. The number of anilines is 1. The van der Waals surface area contributed by atoms with Crippen molar-refractivity contribution in [3.05, 3.63) is 41.9 Å². The van der Waals surface area contributed by atoms with Crippen LogP contribution in [-0.2, 0) is 13.0 Å². The second-order valence-electron chi connectivity index (χ2n) is 6.99. The highest BCUT2D eigenvalue weighted by atomic mass is 16.5. The maximum atomic E-state index is 5.57. The van der Waals surface area contributed by atoms with Crippen LogP contribution in [-0.4, -0.2) is 34.8 Å². The van der Waals surface area contributed by atoms with Gasteiger partial charge >= 0.3 is 0 Å². The predicted octanol–water partition coefficient (Wildman–Crippen LogP) is 4.66. The highest BCUT2D eigenvalue weighted by Crippen LogP contribution is 2.31. The van der Waals surface area contributed by atoms with Crippen LogP contribution >= 0.6 is 0 Å². The number of benzene rings is 1. The van der Waals surface area contributed by atoms with Crippen molar-refractivity contribution in [3.63, 3.8) is 0 Å². The number of ether oxygens (including phenoxy) is 2. The molecule has 0 aliphatic heterocycles. The van der Waals surface area contributed by atoms with Gasteiger partial charge in [0.2, 0.25) is 0 Å². The molecule has 6 heteroatoms. The van der Waals surface area contributed by atoms with E-state index < -0.39 is 0 Å². The van der Waals surface area contributed by atoms with Gasteiger partial charge in [0.1, 0.15) is 22.8 Å². The van der Waals surface area contributed by atoms with E-state index in [1.807, 2.05) is 24.3 Å². The third kappa shape index (κ3) is 4.06. The Morgan fingerprint density at radius 3 is 2.39 bits per heavy atom. The van der Waals surface area contributed by atoms with Gasteiger partial charge in [0.25, 0.3) is 0 Å². The van der Waals surface area contributed by atoms with Gasteiger partial charge in [-0.2, -0.15) is 0 Å². The Morgan fingerprint density at radius 2 is 1.79 bits per heavy atom. The number of fused-ring (bicyclic) bond motifs is 1. The van der Waals surface area contributed by atoms with E-state index in [2.05, 4.69) is 36.9 Å². The largest absolute Gasteiger partial charge is 0.496 e. The van der Waals surface area contributed by atoms with Gasteiger partial charge in [-0.25, -0.2) is 9.97 Å². The summed E-state index contributed by atoms with van der Waals surface area (Å²) >= 11 is 0. The first-order valence-electron chi connectivity index (χ1n) is 9.93. The Balaban J connectivity index is 2.08. The minimum Gasteiger partial charge on any atom is -0.496 e. The smallest absolute Gasteiger partial charge is 0.154 e. The molecule has 0 fully saturated rings. The van der Waals surface area contributed by atoms with E-state index in [0.29, 0.717) is 12.6 Å². The highest BCUT2D eigenvalue weighted by molar-refractivity contribution is 5.87. The summed E-state index contributed by atoms with van der Waals surface area (Å²) in [6.45, 7) is 7.08. The van der Waals surface area contributed by atoms with Gasteiger partial charge in [-0.05, 0) is 31.5 Å².